The van der Waals surface area contributed by atoms with Crippen LogP contribution in [-0.2, 0) is 6.54 Å². The first kappa shape index (κ1) is 17.0. The fraction of sp³-hybridized carbons (Fsp3) is 0.111. The van der Waals surface area contributed by atoms with E-state index in [9.17, 15) is 4.79 Å². The molecule has 0 unspecified atom stereocenters. The largest absolute Gasteiger partial charge is 0.348 e. The molecule has 3 aromatic rings. The van der Waals surface area contributed by atoms with Crippen LogP contribution in [0.2, 0.25) is 0 Å². The Morgan fingerprint density at radius 1 is 1.16 bits per heavy atom. The van der Waals surface area contributed by atoms with Crippen molar-refractivity contribution in [3.8, 4) is 0 Å². The average molecular weight is 398 g/mol. The molecule has 0 fully saturated rings. The van der Waals surface area contributed by atoms with Crippen molar-refractivity contribution >= 4 is 33.5 Å². The van der Waals surface area contributed by atoms with Crippen LogP contribution in [0, 0.1) is 6.92 Å². The van der Waals surface area contributed by atoms with Crippen LogP contribution in [0.5, 0.6) is 0 Å². The van der Waals surface area contributed by atoms with Gasteiger partial charge in [0.25, 0.3) is 5.91 Å². The number of rotatable bonds is 5. The number of hydrogen-bond donors (Lipinski definition) is 2. The van der Waals surface area contributed by atoms with Gasteiger partial charge in [0.05, 0.1) is 11.3 Å². The van der Waals surface area contributed by atoms with Gasteiger partial charge in [0.15, 0.2) is 0 Å². The Morgan fingerprint density at radius 2 is 1.96 bits per heavy atom. The molecule has 1 amide bonds. The first-order chi connectivity index (χ1) is 12.1. The Labute approximate surface area is 153 Å². The van der Waals surface area contributed by atoms with Gasteiger partial charge in [0.2, 0.25) is 5.95 Å². The quantitative estimate of drug-likeness (QED) is 0.687. The third-order valence-electron chi connectivity index (χ3n) is 3.46. The normalized spacial score (nSPS) is 10.3. The molecule has 6 nitrogen and oxygen atoms in total. The monoisotopic (exact) mass is 397 g/mol. The standard InChI is InChI=1S/C18H16BrN5O/c1-12-4-5-16(15(19)7-12)24-18-22-10-14(11-23-18)17(25)21-9-13-3-2-6-20-8-13/h2-8,10-11H,9H2,1H3,(H,21,25)(H,22,23,24). The summed E-state index contributed by atoms with van der Waals surface area (Å²) in [6, 6.07) is 9.66. The molecular weight excluding hydrogens is 382 g/mol. The van der Waals surface area contributed by atoms with Gasteiger partial charge >= 0.3 is 0 Å². The van der Waals surface area contributed by atoms with Crippen LogP contribution in [-0.4, -0.2) is 20.9 Å². The minimum absolute atomic E-state index is 0.230. The summed E-state index contributed by atoms with van der Waals surface area (Å²) in [6.07, 6.45) is 6.40. The number of amides is 1. The van der Waals surface area contributed by atoms with Crippen molar-refractivity contribution in [3.05, 3.63) is 76.3 Å². The number of halogens is 1. The van der Waals surface area contributed by atoms with E-state index in [0.29, 0.717) is 18.1 Å². The predicted molar refractivity (Wildman–Crippen MR) is 99.6 cm³/mol. The van der Waals surface area contributed by atoms with E-state index in [1.54, 1.807) is 12.4 Å². The maximum Gasteiger partial charge on any atom is 0.254 e. The highest BCUT2D eigenvalue weighted by Gasteiger charge is 2.08. The lowest BCUT2D eigenvalue weighted by atomic mass is 10.2. The molecule has 0 saturated carbocycles. The lowest BCUT2D eigenvalue weighted by Gasteiger charge is -2.08. The van der Waals surface area contributed by atoms with E-state index < -0.39 is 0 Å². The molecule has 2 heterocycles. The second kappa shape index (κ2) is 7.85. The minimum atomic E-state index is -0.230. The number of nitrogens with one attached hydrogen (secondary N) is 2. The molecule has 25 heavy (non-hydrogen) atoms. The van der Waals surface area contributed by atoms with Crippen LogP contribution in [0.1, 0.15) is 21.5 Å². The second-order valence-corrected chi connectivity index (χ2v) is 6.30. The maximum absolute atomic E-state index is 12.1. The van der Waals surface area contributed by atoms with Crippen LogP contribution >= 0.6 is 15.9 Å². The summed E-state index contributed by atoms with van der Waals surface area (Å²) < 4.78 is 0.925. The first-order valence-electron chi connectivity index (χ1n) is 7.64. The Hall–Kier alpha value is -2.80. The van der Waals surface area contributed by atoms with E-state index in [1.807, 2.05) is 37.3 Å². The summed E-state index contributed by atoms with van der Waals surface area (Å²) in [5.41, 5.74) is 3.34. The SMILES string of the molecule is Cc1ccc(Nc2ncc(C(=O)NCc3cccnc3)cn2)c(Br)c1. The molecule has 0 bridgehead atoms. The van der Waals surface area contributed by atoms with Gasteiger partial charge in [-0.15, -0.1) is 0 Å². The van der Waals surface area contributed by atoms with Gasteiger partial charge in [-0.25, -0.2) is 9.97 Å². The summed E-state index contributed by atoms with van der Waals surface area (Å²) in [6.45, 7) is 2.42. The van der Waals surface area contributed by atoms with E-state index in [0.717, 1.165) is 21.3 Å². The molecule has 0 aliphatic rings. The van der Waals surface area contributed by atoms with Gasteiger partial charge in [0, 0.05) is 35.8 Å². The molecule has 0 aliphatic heterocycles. The summed E-state index contributed by atoms with van der Waals surface area (Å²) in [7, 11) is 0. The van der Waals surface area contributed by atoms with Gasteiger partial charge in [-0.3, -0.25) is 9.78 Å². The van der Waals surface area contributed by atoms with Crippen LogP contribution < -0.4 is 10.6 Å². The number of carbonyl (C=O) groups excluding carboxylic acids is 1. The van der Waals surface area contributed by atoms with Crippen molar-refractivity contribution in [1.82, 2.24) is 20.3 Å². The highest BCUT2D eigenvalue weighted by molar-refractivity contribution is 9.10. The van der Waals surface area contributed by atoms with Gasteiger partial charge < -0.3 is 10.6 Å². The molecule has 3 rings (SSSR count). The fourth-order valence-electron chi connectivity index (χ4n) is 2.14. The summed E-state index contributed by atoms with van der Waals surface area (Å²) >= 11 is 3.50. The molecule has 2 N–H and O–H groups in total. The number of hydrogen-bond acceptors (Lipinski definition) is 5. The minimum Gasteiger partial charge on any atom is -0.348 e. The smallest absolute Gasteiger partial charge is 0.254 e. The number of anilines is 2. The molecule has 0 radical (unpaired) electrons. The number of aryl methyl sites for hydroxylation is 1. The summed E-state index contributed by atoms with van der Waals surface area (Å²) in [5, 5.41) is 5.93. The van der Waals surface area contributed by atoms with E-state index >= 15 is 0 Å². The molecule has 126 valence electrons. The highest BCUT2D eigenvalue weighted by Crippen LogP contribution is 2.25. The maximum atomic E-state index is 12.1. The molecule has 0 aliphatic carbocycles. The van der Waals surface area contributed by atoms with Crippen molar-refractivity contribution in [3.63, 3.8) is 0 Å². The van der Waals surface area contributed by atoms with Crippen molar-refractivity contribution in [2.45, 2.75) is 13.5 Å². The zero-order chi connectivity index (χ0) is 17.6. The summed E-state index contributed by atoms with van der Waals surface area (Å²) in [5.74, 6) is 0.195. The van der Waals surface area contributed by atoms with E-state index in [4.69, 9.17) is 0 Å². The van der Waals surface area contributed by atoms with Crippen molar-refractivity contribution in [1.29, 1.82) is 0 Å². The second-order valence-electron chi connectivity index (χ2n) is 5.45. The fourth-order valence-corrected chi connectivity index (χ4v) is 2.73. The van der Waals surface area contributed by atoms with Crippen LogP contribution in [0.25, 0.3) is 0 Å². The highest BCUT2D eigenvalue weighted by atomic mass is 79.9. The molecule has 0 spiro atoms. The Morgan fingerprint density at radius 3 is 2.64 bits per heavy atom. The van der Waals surface area contributed by atoms with Crippen molar-refractivity contribution in [2.75, 3.05) is 5.32 Å². The number of benzene rings is 1. The van der Waals surface area contributed by atoms with Crippen molar-refractivity contribution < 1.29 is 4.79 Å². The van der Waals surface area contributed by atoms with Crippen LogP contribution in [0.4, 0.5) is 11.6 Å². The van der Waals surface area contributed by atoms with Crippen LogP contribution in [0.3, 0.4) is 0 Å². The average Bonchev–Trinajstić information content (AvgIpc) is 2.63. The zero-order valence-corrected chi connectivity index (χ0v) is 15.1. The topological polar surface area (TPSA) is 79.8 Å². The number of carbonyl (C=O) groups is 1. The van der Waals surface area contributed by atoms with E-state index in [-0.39, 0.29) is 5.91 Å². The number of pyridine rings is 1. The molecule has 7 heteroatoms. The van der Waals surface area contributed by atoms with E-state index in [1.165, 1.54) is 12.4 Å². The van der Waals surface area contributed by atoms with E-state index in [2.05, 4.69) is 41.5 Å². The first-order valence-corrected chi connectivity index (χ1v) is 8.43. The molecule has 1 aromatic carbocycles. The molecular formula is C18H16BrN5O. The Kier molecular flexibility index (Phi) is 5.35. The van der Waals surface area contributed by atoms with Crippen LogP contribution in [0.15, 0.2) is 59.6 Å². The van der Waals surface area contributed by atoms with Gasteiger partial charge in [-0.2, -0.15) is 0 Å². The van der Waals surface area contributed by atoms with Gasteiger partial charge in [0.1, 0.15) is 0 Å². The third-order valence-corrected chi connectivity index (χ3v) is 4.12. The molecule has 0 saturated heterocycles. The number of aromatic nitrogens is 3. The zero-order valence-electron chi connectivity index (χ0n) is 13.5. The van der Waals surface area contributed by atoms with Gasteiger partial charge in [-0.05, 0) is 52.2 Å². The third kappa shape index (κ3) is 4.60. The lowest BCUT2D eigenvalue weighted by molar-refractivity contribution is 0.0950. The van der Waals surface area contributed by atoms with Gasteiger partial charge in [-0.1, -0.05) is 12.1 Å². The summed E-state index contributed by atoms with van der Waals surface area (Å²) in [4.78, 5) is 24.5. The predicted octanol–water partition coefficient (Wildman–Crippen LogP) is 3.62. The Bertz CT molecular complexity index is 868. The molecule has 0 atom stereocenters. The van der Waals surface area contributed by atoms with Crippen molar-refractivity contribution in [2.24, 2.45) is 0 Å². The Balaban J connectivity index is 1.62. The lowest BCUT2D eigenvalue weighted by Crippen LogP contribution is -2.23. The molecule has 2 aromatic heterocycles. The number of nitrogens with zero attached hydrogens (tertiary/aromatic N) is 3.